The Balaban J connectivity index is 1.65. The number of alkyl halides is 3. The molecule has 0 aliphatic carbocycles. The fourth-order valence-electron chi connectivity index (χ4n) is 3.20. The van der Waals surface area contributed by atoms with E-state index in [2.05, 4.69) is 15.9 Å². The lowest BCUT2D eigenvalue weighted by atomic mass is 10.1. The van der Waals surface area contributed by atoms with Gasteiger partial charge in [0.15, 0.2) is 0 Å². The van der Waals surface area contributed by atoms with Gasteiger partial charge >= 0.3 is 6.18 Å². The van der Waals surface area contributed by atoms with E-state index >= 15 is 0 Å². The Hall–Kier alpha value is -2.07. The molecule has 2 amide bonds. The zero-order chi connectivity index (χ0) is 21.2. The Morgan fingerprint density at radius 1 is 1.10 bits per heavy atom. The SMILES string of the molecule is O=C(Cc1ccc(Br)cc1O)N1CCCN(C(=O)c2ccsc2C(F)(F)F)CC1. The monoisotopic (exact) mass is 490 g/mol. The third-order valence-corrected chi connectivity index (χ3v) is 6.13. The highest BCUT2D eigenvalue weighted by atomic mass is 79.9. The number of hydrogen-bond acceptors (Lipinski definition) is 4. The summed E-state index contributed by atoms with van der Waals surface area (Å²) >= 11 is 3.74. The predicted octanol–water partition coefficient (Wildman–Crippen LogP) is 4.15. The number of hydrogen-bond donors (Lipinski definition) is 1. The number of halogens is 4. The van der Waals surface area contributed by atoms with Crippen LogP contribution in [0.25, 0.3) is 0 Å². The number of carbonyl (C=O) groups is 2. The van der Waals surface area contributed by atoms with E-state index in [9.17, 15) is 27.9 Å². The number of carbonyl (C=O) groups excluding carboxylic acids is 2. The summed E-state index contributed by atoms with van der Waals surface area (Å²) in [7, 11) is 0. The van der Waals surface area contributed by atoms with E-state index in [1.165, 1.54) is 22.4 Å². The number of rotatable bonds is 3. The van der Waals surface area contributed by atoms with Crippen LogP contribution in [0.15, 0.2) is 34.1 Å². The van der Waals surface area contributed by atoms with Crippen LogP contribution in [0.2, 0.25) is 0 Å². The number of nitrogens with zero attached hydrogens (tertiary/aromatic N) is 2. The minimum Gasteiger partial charge on any atom is -0.508 e. The van der Waals surface area contributed by atoms with Gasteiger partial charge in [0, 0.05) is 36.2 Å². The molecule has 1 aliphatic rings. The molecule has 10 heteroatoms. The first-order valence-electron chi connectivity index (χ1n) is 8.86. The second kappa shape index (κ2) is 8.74. The smallest absolute Gasteiger partial charge is 0.426 e. The number of aromatic hydroxyl groups is 1. The molecule has 1 aliphatic heterocycles. The summed E-state index contributed by atoms with van der Waals surface area (Å²) in [4.78, 5) is 27.3. The minimum absolute atomic E-state index is 0.00973. The zero-order valence-electron chi connectivity index (χ0n) is 15.2. The maximum absolute atomic E-state index is 13.1. The number of phenolic OH excluding ortho intramolecular Hbond substituents is 1. The van der Waals surface area contributed by atoms with Gasteiger partial charge < -0.3 is 14.9 Å². The molecular formula is C19H18BrF3N2O3S. The van der Waals surface area contributed by atoms with Crippen molar-refractivity contribution in [1.82, 2.24) is 9.80 Å². The summed E-state index contributed by atoms with van der Waals surface area (Å²) in [6, 6.07) is 6.08. The van der Waals surface area contributed by atoms with Crippen molar-refractivity contribution < 1.29 is 27.9 Å². The van der Waals surface area contributed by atoms with Crippen molar-refractivity contribution in [2.45, 2.75) is 19.0 Å². The highest BCUT2D eigenvalue weighted by molar-refractivity contribution is 9.10. The lowest BCUT2D eigenvalue weighted by Crippen LogP contribution is -2.38. The molecule has 3 rings (SSSR count). The molecule has 1 aromatic carbocycles. The predicted molar refractivity (Wildman–Crippen MR) is 106 cm³/mol. The first kappa shape index (κ1) is 21.6. The molecular weight excluding hydrogens is 473 g/mol. The molecule has 2 heterocycles. The van der Waals surface area contributed by atoms with Gasteiger partial charge in [-0.15, -0.1) is 11.3 Å². The summed E-state index contributed by atoms with van der Waals surface area (Å²) in [6.45, 7) is 1.06. The summed E-state index contributed by atoms with van der Waals surface area (Å²) in [5, 5.41) is 11.2. The number of thiophene rings is 1. The molecule has 156 valence electrons. The fourth-order valence-corrected chi connectivity index (χ4v) is 4.30. The van der Waals surface area contributed by atoms with Gasteiger partial charge in [-0.3, -0.25) is 9.59 Å². The van der Waals surface area contributed by atoms with E-state index in [1.807, 2.05) is 0 Å². The summed E-state index contributed by atoms with van der Waals surface area (Å²) < 4.78 is 40.0. The normalized spacial score (nSPS) is 15.3. The van der Waals surface area contributed by atoms with Crippen molar-refractivity contribution in [3.63, 3.8) is 0 Å². The van der Waals surface area contributed by atoms with Crippen LogP contribution in [0.1, 0.15) is 27.2 Å². The molecule has 0 radical (unpaired) electrons. The molecule has 0 unspecified atom stereocenters. The first-order valence-corrected chi connectivity index (χ1v) is 10.5. The highest BCUT2D eigenvalue weighted by Gasteiger charge is 2.38. The number of benzene rings is 1. The quantitative estimate of drug-likeness (QED) is 0.702. The number of amides is 2. The van der Waals surface area contributed by atoms with Gasteiger partial charge in [0.1, 0.15) is 10.6 Å². The number of phenols is 1. The van der Waals surface area contributed by atoms with Gasteiger partial charge in [0.25, 0.3) is 5.91 Å². The van der Waals surface area contributed by atoms with Crippen molar-refractivity contribution in [3.8, 4) is 5.75 Å². The summed E-state index contributed by atoms with van der Waals surface area (Å²) in [6.07, 6.45) is -4.09. The van der Waals surface area contributed by atoms with Gasteiger partial charge in [0.2, 0.25) is 5.91 Å². The Morgan fingerprint density at radius 3 is 2.48 bits per heavy atom. The molecule has 29 heavy (non-hydrogen) atoms. The molecule has 2 aromatic rings. The maximum atomic E-state index is 13.1. The van der Waals surface area contributed by atoms with Crippen LogP contribution < -0.4 is 0 Å². The molecule has 0 bridgehead atoms. The summed E-state index contributed by atoms with van der Waals surface area (Å²) in [5.41, 5.74) is 0.144. The molecule has 0 spiro atoms. The Morgan fingerprint density at radius 2 is 1.79 bits per heavy atom. The second-order valence-corrected chi connectivity index (χ2v) is 8.47. The van der Waals surface area contributed by atoms with Crippen LogP contribution >= 0.6 is 27.3 Å². The third-order valence-electron chi connectivity index (χ3n) is 4.68. The van der Waals surface area contributed by atoms with E-state index < -0.39 is 17.0 Å². The lowest BCUT2D eigenvalue weighted by Gasteiger charge is -2.23. The molecule has 5 nitrogen and oxygen atoms in total. The Labute approximate surface area is 177 Å². The molecule has 0 atom stereocenters. The minimum atomic E-state index is -4.57. The van der Waals surface area contributed by atoms with Crippen molar-refractivity contribution in [1.29, 1.82) is 0 Å². The average molecular weight is 491 g/mol. The van der Waals surface area contributed by atoms with Gasteiger partial charge in [0.05, 0.1) is 12.0 Å². The lowest BCUT2D eigenvalue weighted by molar-refractivity contribution is -0.134. The van der Waals surface area contributed by atoms with Gasteiger partial charge in [-0.05, 0) is 30.0 Å². The van der Waals surface area contributed by atoms with Crippen molar-refractivity contribution in [2.75, 3.05) is 26.2 Å². The topological polar surface area (TPSA) is 60.9 Å². The third kappa shape index (κ3) is 5.11. The van der Waals surface area contributed by atoms with E-state index in [0.717, 1.165) is 0 Å². The molecule has 0 saturated carbocycles. The van der Waals surface area contributed by atoms with E-state index in [0.29, 0.717) is 34.3 Å². The standard InChI is InChI=1S/C19H18BrF3N2O3S/c20-13-3-2-12(15(26)11-13)10-16(27)24-5-1-6-25(8-7-24)18(28)14-4-9-29-17(14)19(21,22)23/h2-4,9,11,26H,1,5-8,10H2. The molecule has 1 saturated heterocycles. The zero-order valence-corrected chi connectivity index (χ0v) is 17.6. The van der Waals surface area contributed by atoms with E-state index in [-0.39, 0.29) is 43.3 Å². The Kier molecular flexibility index (Phi) is 6.52. The van der Waals surface area contributed by atoms with Crippen molar-refractivity contribution in [2.24, 2.45) is 0 Å². The van der Waals surface area contributed by atoms with E-state index in [4.69, 9.17) is 0 Å². The summed E-state index contributed by atoms with van der Waals surface area (Å²) in [5.74, 6) is -0.863. The van der Waals surface area contributed by atoms with Crippen LogP contribution in [0.3, 0.4) is 0 Å². The Bertz CT molecular complexity index is 916. The van der Waals surface area contributed by atoms with Gasteiger partial charge in [-0.2, -0.15) is 13.2 Å². The van der Waals surface area contributed by atoms with Crippen molar-refractivity contribution >= 4 is 39.1 Å². The van der Waals surface area contributed by atoms with Crippen LogP contribution in [0.5, 0.6) is 5.75 Å². The van der Waals surface area contributed by atoms with Crippen LogP contribution in [0.4, 0.5) is 13.2 Å². The molecule has 1 fully saturated rings. The molecule has 1 aromatic heterocycles. The van der Waals surface area contributed by atoms with Crippen LogP contribution in [-0.4, -0.2) is 52.9 Å². The van der Waals surface area contributed by atoms with E-state index in [1.54, 1.807) is 17.0 Å². The fraction of sp³-hybridized carbons (Fsp3) is 0.368. The highest BCUT2D eigenvalue weighted by Crippen LogP contribution is 2.36. The largest absolute Gasteiger partial charge is 0.508 e. The van der Waals surface area contributed by atoms with Crippen molar-refractivity contribution in [3.05, 3.63) is 50.1 Å². The van der Waals surface area contributed by atoms with Crippen LogP contribution in [0, 0.1) is 0 Å². The van der Waals surface area contributed by atoms with Gasteiger partial charge in [-0.25, -0.2) is 0 Å². The molecule has 1 N–H and O–H groups in total. The first-order chi connectivity index (χ1) is 13.7. The van der Waals surface area contributed by atoms with Gasteiger partial charge in [-0.1, -0.05) is 22.0 Å². The average Bonchev–Trinajstić information content (AvgIpc) is 3.02. The van der Waals surface area contributed by atoms with Crippen LogP contribution in [-0.2, 0) is 17.4 Å². The second-order valence-electron chi connectivity index (χ2n) is 6.64. The maximum Gasteiger partial charge on any atom is 0.426 e.